The molecule has 0 aliphatic carbocycles. The van der Waals surface area contributed by atoms with Crippen molar-refractivity contribution in [1.82, 2.24) is 0 Å². The number of hydrogen-bond acceptors (Lipinski definition) is 1. The molecule has 0 atom stereocenters. The molecule has 0 N–H and O–H groups in total. The summed E-state index contributed by atoms with van der Waals surface area (Å²) in [5.41, 5.74) is 5.62. The molecule has 0 heterocycles. The van der Waals surface area contributed by atoms with Crippen molar-refractivity contribution in [3.8, 4) is 22.9 Å². The third kappa shape index (κ3) is 5.36. The molecule has 3 heteroatoms. The van der Waals surface area contributed by atoms with Crippen molar-refractivity contribution in [1.29, 1.82) is 0 Å². The quantitative estimate of drug-likeness (QED) is 0.330. The van der Waals surface area contributed by atoms with E-state index in [1.54, 1.807) is 0 Å². The average Bonchev–Trinajstić information content (AvgIpc) is 1.97. The number of rotatable bonds is 0. The van der Waals surface area contributed by atoms with E-state index < -0.39 is 0 Å². The van der Waals surface area contributed by atoms with Crippen LogP contribution in [0.3, 0.4) is 0 Å². The molecule has 0 aliphatic rings. The number of Topliss-reactive ketones (excluding diaryl/α,β-unsaturated/α-hetero) is 1. The highest BCUT2D eigenvalue weighted by Gasteiger charge is 1.82. The molecule has 0 fully saturated rings. The molecule has 0 aromatic heterocycles. The van der Waals surface area contributed by atoms with Gasteiger partial charge in [-0.2, -0.15) is 0 Å². The van der Waals surface area contributed by atoms with Crippen LogP contribution in [0.5, 0.6) is 0 Å². The maximum absolute atomic E-state index is 10.7. The van der Waals surface area contributed by atoms with Gasteiger partial charge in [-0.1, -0.05) is 13.1 Å². The molecule has 0 aromatic rings. The summed E-state index contributed by atoms with van der Waals surface area (Å²) >= 11 is 0. The topological polar surface area (TPSA) is 17.1 Å². The van der Waals surface area contributed by atoms with Crippen LogP contribution >= 0.6 is 0 Å². The summed E-state index contributed by atoms with van der Waals surface area (Å²) in [6.45, 7) is 4.09. The van der Waals surface area contributed by atoms with Gasteiger partial charge in [-0.25, -0.2) is 0 Å². The lowest BCUT2D eigenvalue weighted by molar-refractivity contribution is -0.108. The zero-order chi connectivity index (χ0) is 7.82. The van der Waals surface area contributed by atoms with Crippen molar-refractivity contribution in [3.63, 3.8) is 0 Å². The van der Waals surface area contributed by atoms with Gasteiger partial charge in [0.15, 0.2) is 0 Å². The first-order valence-corrected chi connectivity index (χ1v) is 7.57. The molecule has 0 aromatic carbocycles. The van der Waals surface area contributed by atoms with Crippen molar-refractivity contribution in [2.45, 2.75) is 13.1 Å². The standard InChI is InChI=1S/C7H10OSi2/c1-9-5-3-7(8)4-6-10-2/h9-10H2,1-2H3. The molecule has 1 nitrogen and oxygen atoms in total. The predicted molar refractivity (Wildman–Crippen MR) is 49.4 cm³/mol. The summed E-state index contributed by atoms with van der Waals surface area (Å²) in [4.78, 5) is 10.7. The van der Waals surface area contributed by atoms with Crippen molar-refractivity contribution in [2.75, 3.05) is 0 Å². The largest absolute Gasteiger partial charge is 0.277 e. The fourth-order valence-corrected chi connectivity index (χ4v) is 1.04. The molecule has 0 spiro atoms. The van der Waals surface area contributed by atoms with E-state index in [0.29, 0.717) is 0 Å². The average molecular weight is 166 g/mol. The Morgan fingerprint density at radius 1 is 1.10 bits per heavy atom. The van der Waals surface area contributed by atoms with Gasteiger partial charge in [-0.05, 0) is 11.8 Å². The van der Waals surface area contributed by atoms with E-state index in [1.165, 1.54) is 0 Å². The molecule has 0 aliphatic heterocycles. The summed E-state index contributed by atoms with van der Waals surface area (Å²) in [6, 6.07) is 0. The fraction of sp³-hybridized carbons (Fsp3) is 0.286. The maximum Gasteiger partial charge on any atom is 0.277 e. The smallest absolute Gasteiger partial charge is 0.270 e. The van der Waals surface area contributed by atoms with Crippen molar-refractivity contribution >= 4 is 24.8 Å². The van der Waals surface area contributed by atoms with E-state index in [-0.39, 0.29) is 24.8 Å². The Bertz CT molecular complexity index is 199. The molecule has 0 rings (SSSR count). The van der Waals surface area contributed by atoms with E-state index in [0.717, 1.165) is 0 Å². The number of carbonyl (C=O) groups excluding carboxylic acids is 1. The SMILES string of the molecule is C[SiH2]C#CC(=O)C#C[SiH2]C. The second-order valence-corrected chi connectivity index (χ2v) is 3.76. The van der Waals surface area contributed by atoms with Crippen LogP contribution in [0.15, 0.2) is 0 Å². The highest BCUT2D eigenvalue weighted by molar-refractivity contribution is 6.46. The summed E-state index contributed by atoms with van der Waals surface area (Å²) in [5, 5.41) is 0. The van der Waals surface area contributed by atoms with Gasteiger partial charge in [0, 0.05) is 0 Å². The molecule has 0 amide bonds. The van der Waals surface area contributed by atoms with Crippen LogP contribution in [0.4, 0.5) is 0 Å². The molecular formula is C7H10OSi2. The molecular weight excluding hydrogens is 156 g/mol. The zero-order valence-corrected chi connectivity index (χ0v) is 9.15. The number of carbonyl (C=O) groups is 1. The molecule has 0 bridgehead atoms. The summed E-state index contributed by atoms with van der Waals surface area (Å²) in [6.07, 6.45) is 0. The zero-order valence-electron chi connectivity index (χ0n) is 6.32. The van der Waals surface area contributed by atoms with Gasteiger partial charge < -0.3 is 0 Å². The van der Waals surface area contributed by atoms with Crippen LogP contribution in [0.2, 0.25) is 13.1 Å². The first kappa shape index (κ1) is 9.22. The Kier molecular flexibility index (Phi) is 5.85. The predicted octanol–water partition coefficient (Wildman–Crippen LogP) is -1.09. The molecule has 0 unspecified atom stereocenters. The Hall–Kier alpha value is -0.776. The highest BCUT2D eigenvalue weighted by Crippen LogP contribution is 1.63. The second kappa shape index (κ2) is 6.35. The van der Waals surface area contributed by atoms with Crippen LogP contribution in [0, 0.1) is 22.9 Å². The molecule has 0 saturated carbocycles. The lowest BCUT2D eigenvalue weighted by atomic mass is 10.4. The van der Waals surface area contributed by atoms with Gasteiger partial charge in [0.25, 0.3) is 5.78 Å². The van der Waals surface area contributed by atoms with Crippen LogP contribution in [-0.2, 0) is 4.79 Å². The van der Waals surface area contributed by atoms with Gasteiger partial charge in [0.1, 0.15) is 19.0 Å². The Labute approximate surface area is 66.2 Å². The van der Waals surface area contributed by atoms with E-state index in [9.17, 15) is 4.79 Å². The van der Waals surface area contributed by atoms with Crippen LogP contribution in [0.25, 0.3) is 0 Å². The van der Waals surface area contributed by atoms with Gasteiger partial charge in [-0.3, -0.25) is 4.79 Å². The minimum atomic E-state index is -0.290. The monoisotopic (exact) mass is 166 g/mol. The summed E-state index contributed by atoms with van der Waals surface area (Å²) in [5.74, 6) is 4.77. The molecule has 0 radical (unpaired) electrons. The van der Waals surface area contributed by atoms with Crippen LogP contribution in [0.1, 0.15) is 0 Å². The lowest BCUT2D eigenvalue weighted by Crippen LogP contribution is -1.88. The second-order valence-electron chi connectivity index (χ2n) is 1.64. The Morgan fingerprint density at radius 3 is 1.80 bits per heavy atom. The van der Waals surface area contributed by atoms with Gasteiger partial charge >= 0.3 is 0 Å². The Morgan fingerprint density at radius 2 is 1.50 bits per heavy atom. The van der Waals surface area contributed by atoms with E-state index in [2.05, 4.69) is 22.9 Å². The molecule has 52 valence electrons. The third-order valence-electron chi connectivity index (χ3n) is 0.757. The van der Waals surface area contributed by atoms with E-state index in [4.69, 9.17) is 0 Å². The first-order chi connectivity index (χ1) is 4.81. The maximum atomic E-state index is 10.7. The van der Waals surface area contributed by atoms with Gasteiger partial charge in [0.05, 0.1) is 0 Å². The lowest BCUT2D eigenvalue weighted by Gasteiger charge is -1.70. The number of ketones is 1. The number of hydrogen-bond donors (Lipinski definition) is 0. The van der Waals surface area contributed by atoms with E-state index in [1.807, 2.05) is 13.1 Å². The normalized spacial score (nSPS) is 9.00. The van der Waals surface area contributed by atoms with Crippen molar-refractivity contribution < 1.29 is 4.79 Å². The Balaban J connectivity index is 3.86. The third-order valence-corrected chi connectivity index (χ3v) is 1.82. The summed E-state index contributed by atoms with van der Waals surface area (Å²) < 4.78 is 0. The van der Waals surface area contributed by atoms with Gasteiger partial charge in [-0.15, -0.1) is 11.1 Å². The first-order valence-electron chi connectivity index (χ1n) is 3.33. The molecule has 10 heavy (non-hydrogen) atoms. The van der Waals surface area contributed by atoms with Gasteiger partial charge in [0.2, 0.25) is 0 Å². The minimum absolute atomic E-state index is 0.205. The van der Waals surface area contributed by atoms with E-state index >= 15 is 0 Å². The van der Waals surface area contributed by atoms with Crippen LogP contribution in [-0.4, -0.2) is 24.8 Å². The minimum Gasteiger partial charge on any atom is -0.270 e. The fourth-order valence-electron chi connectivity index (χ4n) is 0.369. The summed E-state index contributed by atoms with van der Waals surface area (Å²) in [7, 11) is -0.581. The van der Waals surface area contributed by atoms with Crippen LogP contribution < -0.4 is 0 Å². The molecule has 0 saturated heterocycles. The highest BCUT2D eigenvalue weighted by atomic mass is 28.2. The van der Waals surface area contributed by atoms with Crippen molar-refractivity contribution in [2.24, 2.45) is 0 Å². The van der Waals surface area contributed by atoms with Crippen molar-refractivity contribution in [3.05, 3.63) is 0 Å².